The summed E-state index contributed by atoms with van der Waals surface area (Å²) in [6, 6.07) is 6.44. The minimum Gasteiger partial charge on any atom is -0.379 e. The summed E-state index contributed by atoms with van der Waals surface area (Å²) < 4.78 is 5.32. The van der Waals surface area contributed by atoms with E-state index in [1.165, 1.54) is 11.1 Å². The largest absolute Gasteiger partial charge is 0.379 e. The van der Waals surface area contributed by atoms with Crippen molar-refractivity contribution in [2.45, 2.75) is 33.1 Å². The van der Waals surface area contributed by atoms with E-state index in [9.17, 15) is 4.79 Å². The summed E-state index contributed by atoms with van der Waals surface area (Å²) in [6.07, 6.45) is 0.468. The predicted octanol–water partition coefficient (Wildman–Crippen LogP) is 2.11. The molecule has 0 atom stereocenters. The van der Waals surface area contributed by atoms with Crippen LogP contribution in [0.3, 0.4) is 0 Å². The summed E-state index contributed by atoms with van der Waals surface area (Å²) in [5.74, 6) is 0.598. The second-order valence-electron chi connectivity index (χ2n) is 6.32. The minimum atomic E-state index is 0.109. The molecule has 22 heavy (non-hydrogen) atoms. The van der Waals surface area contributed by atoms with Gasteiger partial charge in [-0.3, -0.25) is 9.69 Å². The van der Waals surface area contributed by atoms with Gasteiger partial charge in [0, 0.05) is 26.2 Å². The fourth-order valence-electron chi connectivity index (χ4n) is 2.65. The quantitative estimate of drug-likeness (QED) is 0.875. The first-order chi connectivity index (χ1) is 10.6. The highest BCUT2D eigenvalue weighted by molar-refractivity contribution is 5.79. The van der Waals surface area contributed by atoms with Crippen molar-refractivity contribution in [2.75, 3.05) is 39.4 Å². The molecule has 122 valence electrons. The highest BCUT2D eigenvalue weighted by atomic mass is 16.5. The van der Waals surface area contributed by atoms with E-state index in [4.69, 9.17) is 4.74 Å². The number of aryl methyl sites for hydroxylation is 1. The molecule has 0 bridgehead atoms. The third-order valence-electron chi connectivity index (χ3n) is 4.24. The number of benzene rings is 1. The van der Waals surface area contributed by atoms with Gasteiger partial charge in [-0.1, -0.05) is 32.0 Å². The highest BCUT2D eigenvalue weighted by Crippen LogP contribution is 2.19. The van der Waals surface area contributed by atoms with Crippen molar-refractivity contribution in [1.29, 1.82) is 0 Å². The monoisotopic (exact) mass is 304 g/mol. The van der Waals surface area contributed by atoms with Crippen LogP contribution in [0.4, 0.5) is 0 Å². The Morgan fingerprint density at radius 3 is 2.73 bits per heavy atom. The van der Waals surface area contributed by atoms with Crippen LogP contribution in [0.2, 0.25) is 0 Å². The number of rotatable bonds is 6. The number of hydrogen-bond donors (Lipinski definition) is 1. The summed E-state index contributed by atoms with van der Waals surface area (Å²) in [7, 11) is 0. The lowest BCUT2D eigenvalue weighted by molar-refractivity contribution is -0.120. The van der Waals surface area contributed by atoms with Crippen LogP contribution in [0.25, 0.3) is 0 Å². The third-order valence-corrected chi connectivity index (χ3v) is 4.24. The van der Waals surface area contributed by atoms with Gasteiger partial charge >= 0.3 is 0 Å². The summed E-state index contributed by atoms with van der Waals surface area (Å²) in [6.45, 7) is 11.6. The van der Waals surface area contributed by atoms with Crippen molar-refractivity contribution in [3.8, 4) is 0 Å². The van der Waals surface area contributed by atoms with E-state index in [1.54, 1.807) is 0 Å². The molecule has 1 aromatic rings. The maximum absolute atomic E-state index is 12.1. The lowest BCUT2D eigenvalue weighted by Crippen LogP contribution is -2.41. The van der Waals surface area contributed by atoms with Gasteiger partial charge in [-0.15, -0.1) is 0 Å². The summed E-state index contributed by atoms with van der Waals surface area (Å²) in [5.41, 5.74) is 3.62. The van der Waals surface area contributed by atoms with E-state index in [1.807, 2.05) is 0 Å². The number of morpholine rings is 1. The Hall–Kier alpha value is -1.39. The van der Waals surface area contributed by atoms with Crippen molar-refractivity contribution in [2.24, 2.45) is 0 Å². The number of amides is 1. The second-order valence-corrected chi connectivity index (χ2v) is 6.32. The molecule has 0 aliphatic carbocycles. The van der Waals surface area contributed by atoms with Gasteiger partial charge in [-0.25, -0.2) is 0 Å². The van der Waals surface area contributed by atoms with E-state index in [2.05, 4.69) is 49.2 Å². The molecule has 0 aromatic heterocycles. The zero-order valence-electron chi connectivity index (χ0n) is 14.0. The van der Waals surface area contributed by atoms with Gasteiger partial charge in [0.15, 0.2) is 0 Å². The van der Waals surface area contributed by atoms with Gasteiger partial charge in [-0.2, -0.15) is 0 Å². The van der Waals surface area contributed by atoms with Crippen LogP contribution in [-0.4, -0.2) is 50.2 Å². The van der Waals surface area contributed by atoms with E-state index in [0.717, 1.165) is 38.4 Å². The zero-order chi connectivity index (χ0) is 15.9. The Bertz CT molecular complexity index is 494. The molecule has 1 heterocycles. The number of nitrogens with zero attached hydrogens (tertiary/aromatic N) is 1. The van der Waals surface area contributed by atoms with Crippen molar-refractivity contribution >= 4 is 5.91 Å². The minimum absolute atomic E-state index is 0.109. The fourth-order valence-corrected chi connectivity index (χ4v) is 2.65. The molecule has 0 radical (unpaired) electrons. The van der Waals surface area contributed by atoms with Crippen LogP contribution in [-0.2, 0) is 16.0 Å². The van der Waals surface area contributed by atoms with Crippen LogP contribution < -0.4 is 5.32 Å². The maximum atomic E-state index is 12.1. The Morgan fingerprint density at radius 2 is 2.05 bits per heavy atom. The number of carbonyl (C=O) groups excluding carboxylic acids is 1. The molecule has 1 fully saturated rings. The van der Waals surface area contributed by atoms with Gasteiger partial charge in [0.25, 0.3) is 0 Å². The summed E-state index contributed by atoms with van der Waals surface area (Å²) in [5, 5.41) is 3.03. The zero-order valence-corrected chi connectivity index (χ0v) is 14.0. The van der Waals surface area contributed by atoms with Crippen molar-refractivity contribution in [1.82, 2.24) is 10.2 Å². The van der Waals surface area contributed by atoms with Crippen molar-refractivity contribution < 1.29 is 9.53 Å². The predicted molar refractivity (Wildman–Crippen MR) is 89.2 cm³/mol. The van der Waals surface area contributed by atoms with Gasteiger partial charge in [0.05, 0.1) is 19.6 Å². The molecule has 4 heteroatoms. The SMILES string of the molecule is Cc1ccc(C(C)C)cc1CC(=O)NCCN1CCOCC1. The van der Waals surface area contributed by atoms with Crippen LogP contribution in [0.1, 0.15) is 36.5 Å². The smallest absolute Gasteiger partial charge is 0.224 e. The Morgan fingerprint density at radius 1 is 1.32 bits per heavy atom. The van der Waals surface area contributed by atoms with Crippen LogP contribution >= 0.6 is 0 Å². The van der Waals surface area contributed by atoms with Crippen molar-refractivity contribution in [3.63, 3.8) is 0 Å². The molecule has 1 aliphatic rings. The second kappa shape index (κ2) is 8.30. The third kappa shape index (κ3) is 5.11. The van der Waals surface area contributed by atoms with E-state index < -0.39 is 0 Å². The lowest BCUT2D eigenvalue weighted by atomic mass is 9.96. The topological polar surface area (TPSA) is 41.6 Å². The van der Waals surface area contributed by atoms with E-state index >= 15 is 0 Å². The first-order valence-electron chi connectivity index (χ1n) is 8.22. The molecular weight excluding hydrogens is 276 g/mol. The first kappa shape index (κ1) is 17.0. The van der Waals surface area contributed by atoms with Gasteiger partial charge < -0.3 is 10.1 Å². The fraction of sp³-hybridized carbons (Fsp3) is 0.611. The van der Waals surface area contributed by atoms with Gasteiger partial charge in [-0.05, 0) is 29.5 Å². The maximum Gasteiger partial charge on any atom is 0.224 e. The van der Waals surface area contributed by atoms with Crippen molar-refractivity contribution in [3.05, 3.63) is 34.9 Å². The molecule has 0 spiro atoms. The Labute approximate surface area is 133 Å². The Balaban J connectivity index is 1.80. The molecule has 1 saturated heterocycles. The molecule has 1 aliphatic heterocycles. The van der Waals surface area contributed by atoms with E-state index in [0.29, 0.717) is 18.9 Å². The number of hydrogen-bond acceptors (Lipinski definition) is 3. The molecule has 1 amide bonds. The molecule has 2 rings (SSSR count). The number of ether oxygens (including phenoxy) is 1. The molecule has 1 N–H and O–H groups in total. The molecule has 4 nitrogen and oxygen atoms in total. The first-order valence-corrected chi connectivity index (χ1v) is 8.22. The lowest BCUT2D eigenvalue weighted by Gasteiger charge is -2.26. The molecule has 0 unspecified atom stereocenters. The Kier molecular flexibility index (Phi) is 6.40. The highest BCUT2D eigenvalue weighted by Gasteiger charge is 2.11. The summed E-state index contributed by atoms with van der Waals surface area (Å²) >= 11 is 0. The van der Waals surface area contributed by atoms with Crippen LogP contribution in [0.15, 0.2) is 18.2 Å². The van der Waals surface area contributed by atoms with Crippen LogP contribution in [0, 0.1) is 6.92 Å². The van der Waals surface area contributed by atoms with Crippen LogP contribution in [0.5, 0.6) is 0 Å². The molecular formula is C18H28N2O2. The van der Waals surface area contributed by atoms with E-state index in [-0.39, 0.29) is 5.91 Å². The number of carbonyl (C=O) groups is 1. The number of nitrogens with one attached hydrogen (secondary N) is 1. The molecule has 1 aromatic carbocycles. The summed E-state index contributed by atoms with van der Waals surface area (Å²) in [4.78, 5) is 14.5. The average molecular weight is 304 g/mol. The molecule has 0 saturated carbocycles. The normalized spacial score (nSPS) is 16.0. The average Bonchev–Trinajstić information content (AvgIpc) is 2.50. The standard InChI is InChI=1S/C18H28N2O2/c1-14(2)16-5-4-15(3)17(12-16)13-18(21)19-6-7-20-8-10-22-11-9-20/h4-5,12,14H,6-11,13H2,1-3H3,(H,19,21). The van der Waals surface area contributed by atoms with Gasteiger partial charge in [0.2, 0.25) is 5.91 Å². The van der Waals surface area contributed by atoms with Gasteiger partial charge in [0.1, 0.15) is 0 Å².